The van der Waals surface area contributed by atoms with E-state index < -0.39 is 17.9 Å². The van der Waals surface area contributed by atoms with Crippen LogP contribution in [0.2, 0.25) is 0 Å². The Hall–Kier alpha value is -3.21. The van der Waals surface area contributed by atoms with Crippen LogP contribution in [0, 0.1) is 6.92 Å². The van der Waals surface area contributed by atoms with Gasteiger partial charge in [-0.25, -0.2) is 4.79 Å². The molecule has 0 saturated heterocycles. The van der Waals surface area contributed by atoms with Crippen molar-refractivity contribution in [3.05, 3.63) is 77.5 Å². The molecule has 2 aromatic carbocycles. The highest BCUT2D eigenvalue weighted by Crippen LogP contribution is 2.16. The Morgan fingerprint density at radius 3 is 2.52 bits per heavy atom. The van der Waals surface area contributed by atoms with Gasteiger partial charge in [-0.05, 0) is 24.6 Å². The molecule has 25 heavy (non-hydrogen) atoms. The van der Waals surface area contributed by atoms with Crippen molar-refractivity contribution in [1.29, 1.82) is 0 Å². The van der Waals surface area contributed by atoms with E-state index in [2.05, 4.69) is 10.3 Å². The summed E-state index contributed by atoms with van der Waals surface area (Å²) >= 11 is 0. The van der Waals surface area contributed by atoms with Gasteiger partial charge >= 0.3 is 5.97 Å². The number of nitrogens with one attached hydrogen (secondary N) is 1. The zero-order chi connectivity index (χ0) is 17.8. The van der Waals surface area contributed by atoms with Gasteiger partial charge in [0.25, 0.3) is 5.91 Å². The zero-order valence-corrected chi connectivity index (χ0v) is 13.8. The number of aryl methyl sites for hydroxylation is 1. The van der Waals surface area contributed by atoms with Crippen molar-refractivity contribution in [2.75, 3.05) is 0 Å². The summed E-state index contributed by atoms with van der Waals surface area (Å²) in [6.07, 6.45) is 1.78. The van der Waals surface area contributed by atoms with Crippen molar-refractivity contribution in [2.45, 2.75) is 19.4 Å². The van der Waals surface area contributed by atoms with Gasteiger partial charge in [-0.3, -0.25) is 9.78 Å². The van der Waals surface area contributed by atoms with Gasteiger partial charge < -0.3 is 10.4 Å². The lowest BCUT2D eigenvalue weighted by atomic mass is 10.0. The second-order valence-electron chi connectivity index (χ2n) is 5.93. The highest BCUT2D eigenvalue weighted by Gasteiger charge is 2.22. The number of aromatic nitrogens is 1. The fraction of sp³-hybridized carbons (Fsp3) is 0.150. The number of benzene rings is 2. The van der Waals surface area contributed by atoms with Crippen molar-refractivity contribution in [1.82, 2.24) is 10.3 Å². The maximum atomic E-state index is 12.6. The Kier molecular flexibility index (Phi) is 4.75. The van der Waals surface area contributed by atoms with Crippen molar-refractivity contribution >= 4 is 22.8 Å². The summed E-state index contributed by atoms with van der Waals surface area (Å²) in [5.74, 6) is -1.48. The summed E-state index contributed by atoms with van der Waals surface area (Å²) in [4.78, 5) is 28.4. The van der Waals surface area contributed by atoms with Gasteiger partial charge in [0.1, 0.15) is 6.04 Å². The number of carboxylic acid groups (broad SMARTS) is 1. The van der Waals surface area contributed by atoms with Crippen LogP contribution in [-0.4, -0.2) is 28.0 Å². The number of carbonyl (C=O) groups is 2. The van der Waals surface area contributed by atoms with Crippen LogP contribution in [0.1, 0.15) is 21.5 Å². The Bertz CT molecular complexity index is 914. The third-order valence-corrected chi connectivity index (χ3v) is 4.06. The fourth-order valence-electron chi connectivity index (χ4n) is 2.69. The van der Waals surface area contributed by atoms with Crippen LogP contribution in [0.4, 0.5) is 0 Å². The number of carboxylic acids is 1. The number of fused-ring (bicyclic) bond motifs is 1. The molecule has 3 aromatic rings. The van der Waals surface area contributed by atoms with Crippen LogP contribution in [-0.2, 0) is 11.2 Å². The van der Waals surface area contributed by atoms with Crippen molar-refractivity contribution in [2.24, 2.45) is 0 Å². The molecular formula is C20H18N2O3. The molecular weight excluding hydrogens is 316 g/mol. The topological polar surface area (TPSA) is 79.3 Å². The second-order valence-corrected chi connectivity index (χ2v) is 5.93. The third-order valence-electron chi connectivity index (χ3n) is 4.06. The lowest BCUT2D eigenvalue weighted by molar-refractivity contribution is -0.139. The minimum Gasteiger partial charge on any atom is -0.480 e. The van der Waals surface area contributed by atoms with Gasteiger partial charge in [-0.1, -0.05) is 48.0 Å². The quantitative estimate of drug-likeness (QED) is 0.752. The number of rotatable bonds is 5. The van der Waals surface area contributed by atoms with E-state index in [1.165, 1.54) is 0 Å². The molecule has 0 aliphatic rings. The van der Waals surface area contributed by atoms with Crippen LogP contribution >= 0.6 is 0 Å². The molecule has 0 saturated carbocycles. The molecule has 0 bridgehead atoms. The Balaban J connectivity index is 1.83. The number of aliphatic carboxylic acids is 1. The molecule has 0 unspecified atom stereocenters. The first-order valence-electron chi connectivity index (χ1n) is 7.97. The number of nitrogens with zero attached hydrogens (tertiary/aromatic N) is 1. The summed E-state index contributed by atoms with van der Waals surface area (Å²) in [6, 6.07) is 15.5. The predicted molar refractivity (Wildman–Crippen MR) is 95.5 cm³/mol. The van der Waals surface area contributed by atoms with Gasteiger partial charge in [0.05, 0.1) is 11.1 Å². The molecule has 0 fully saturated rings. The standard InChI is InChI=1S/C20H18N2O3/c1-13-6-8-14(9-7-13)12-18(20(24)25)22-19(23)16-10-11-21-17-5-3-2-4-15(16)17/h2-11,18H,12H2,1H3,(H,22,23)(H,24,25)/t18-/m0/s1. The van der Waals surface area contributed by atoms with Gasteiger partial charge in [0.2, 0.25) is 0 Å². The third kappa shape index (κ3) is 3.83. The summed E-state index contributed by atoms with van der Waals surface area (Å²) < 4.78 is 0. The number of carbonyl (C=O) groups excluding carboxylic acids is 1. The molecule has 0 spiro atoms. The Morgan fingerprint density at radius 2 is 1.80 bits per heavy atom. The molecule has 1 heterocycles. The number of hydrogen-bond donors (Lipinski definition) is 2. The number of amides is 1. The molecule has 0 radical (unpaired) electrons. The van der Waals surface area contributed by atoms with E-state index in [9.17, 15) is 14.7 Å². The molecule has 126 valence electrons. The molecule has 5 heteroatoms. The van der Waals surface area contributed by atoms with Crippen LogP contribution in [0.3, 0.4) is 0 Å². The van der Waals surface area contributed by atoms with Crippen LogP contribution in [0.25, 0.3) is 10.9 Å². The molecule has 0 aliphatic carbocycles. The summed E-state index contributed by atoms with van der Waals surface area (Å²) in [6.45, 7) is 1.97. The smallest absolute Gasteiger partial charge is 0.326 e. The van der Waals surface area contributed by atoms with E-state index in [-0.39, 0.29) is 6.42 Å². The van der Waals surface area contributed by atoms with Crippen LogP contribution in [0.15, 0.2) is 60.8 Å². The first-order chi connectivity index (χ1) is 12.0. The zero-order valence-electron chi connectivity index (χ0n) is 13.8. The van der Waals surface area contributed by atoms with E-state index in [0.717, 1.165) is 11.1 Å². The minimum atomic E-state index is -1.06. The SMILES string of the molecule is Cc1ccc(C[C@H](NC(=O)c2ccnc3ccccc23)C(=O)O)cc1. The largest absolute Gasteiger partial charge is 0.480 e. The van der Waals surface area contributed by atoms with E-state index in [1.54, 1.807) is 18.3 Å². The molecule has 1 aromatic heterocycles. The summed E-state index contributed by atoms with van der Waals surface area (Å²) in [5.41, 5.74) is 3.07. The average Bonchev–Trinajstić information content (AvgIpc) is 2.62. The minimum absolute atomic E-state index is 0.227. The van der Waals surface area contributed by atoms with Gasteiger partial charge in [0.15, 0.2) is 0 Å². The molecule has 1 atom stereocenters. The van der Waals surface area contributed by atoms with Crippen molar-refractivity contribution < 1.29 is 14.7 Å². The second kappa shape index (κ2) is 7.13. The maximum absolute atomic E-state index is 12.6. The molecule has 0 aliphatic heterocycles. The van der Waals surface area contributed by atoms with E-state index in [1.807, 2.05) is 49.4 Å². The van der Waals surface area contributed by atoms with Crippen molar-refractivity contribution in [3.63, 3.8) is 0 Å². The fourth-order valence-corrected chi connectivity index (χ4v) is 2.69. The lowest BCUT2D eigenvalue weighted by Crippen LogP contribution is -2.42. The van der Waals surface area contributed by atoms with Gasteiger partial charge in [0, 0.05) is 18.0 Å². The van der Waals surface area contributed by atoms with Gasteiger partial charge in [-0.2, -0.15) is 0 Å². The summed E-state index contributed by atoms with van der Waals surface area (Å²) in [5, 5.41) is 12.8. The highest BCUT2D eigenvalue weighted by atomic mass is 16.4. The van der Waals surface area contributed by atoms with E-state index in [4.69, 9.17) is 0 Å². The summed E-state index contributed by atoms with van der Waals surface area (Å²) in [7, 11) is 0. The Labute approximate surface area is 145 Å². The highest BCUT2D eigenvalue weighted by molar-refractivity contribution is 6.06. The lowest BCUT2D eigenvalue weighted by Gasteiger charge is -2.15. The predicted octanol–water partition coefficient (Wildman–Crippen LogP) is 2.97. The normalized spacial score (nSPS) is 11.9. The maximum Gasteiger partial charge on any atom is 0.326 e. The number of para-hydroxylation sites is 1. The first-order valence-corrected chi connectivity index (χ1v) is 7.97. The number of pyridine rings is 1. The van der Waals surface area contributed by atoms with E-state index in [0.29, 0.717) is 16.5 Å². The Morgan fingerprint density at radius 1 is 1.08 bits per heavy atom. The monoisotopic (exact) mass is 334 g/mol. The molecule has 3 rings (SSSR count). The van der Waals surface area contributed by atoms with Crippen molar-refractivity contribution in [3.8, 4) is 0 Å². The first kappa shape index (κ1) is 16.6. The van der Waals surface area contributed by atoms with Crippen LogP contribution in [0.5, 0.6) is 0 Å². The average molecular weight is 334 g/mol. The van der Waals surface area contributed by atoms with Crippen LogP contribution < -0.4 is 5.32 Å². The molecule has 1 amide bonds. The molecule has 2 N–H and O–H groups in total. The molecule has 5 nitrogen and oxygen atoms in total. The van der Waals surface area contributed by atoms with E-state index >= 15 is 0 Å². The number of hydrogen-bond acceptors (Lipinski definition) is 3. The van der Waals surface area contributed by atoms with Gasteiger partial charge in [-0.15, -0.1) is 0 Å².